The number of ether oxygens (including phenoxy) is 1. The predicted molar refractivity (Wildman–Crippen MR) is 87.9 cm³/mol. The normalized spacial score (nSPS) is 11.8. The first-order valence-electron chi connectivity index (χ1n) is 7.11. The second-order valence-corrected chi connectivity index (χ2v) is 5.11. The van der Waals surface area contributed by atoms with Crippen molar-refractivity contribution < 1.29 is 14.6 Å². The van der Waals surface area contributed by atoms with Crippen LogP contribution in [0, 0.1) is 0 Å². The molecule has 3 nitrogen and oxygen atoms in total. The maximum atomic E-state index is 12.2. The molecule has 0 spiro atoms. The Morgan fingerprint density at radius 2 is 1.59 bits per heavy atom. The number of benzene rings is 3. The second kappa shape index (κ2) is 6.00. The zero-order valence-electron chi connectivity index (χ0n) is 12.2. The summed E-state index contributed by atoms with van der Waals surface area (Å²) in [5.41, 5.74) is 0.388. The van der Waals surface area contributed by atoms with E-state index in [0.29, 0.717) is 11.3 Å². The highest BCUT2D eigenvalue weighted by Gasteiger charge is 2.13. The van der Waals surface area contributed by atoms with Gasteiger partial charge in [0.15, 0.2) is 0 Å². The summed E-state index contributed by atoms with van der Waals surface area (Å²) in [5.74, 6) is 0.111. The Kier molecular flexibility index (Phi) is 3.90. The molecule has 0 saturated carbocycles. The van der Waals surface area contributed by atoms with Crippen LogP contribution < -0.4 is 4.74 Å². The summed E-state index contributed by atoms with van der Waals surface area (Å²) in [6, 6.07) is 17.7. The van der Waals surface area contributed by atoms with E-state index >= 15 is 0 Å². The van der Waals surface area contributed by atoms with Gasteiger partial charge in [0.25, 0.3) is 0 Å². The fraction of sp³-hybridized carbons (Fsp3) is 0.105. The standard InChI is InChI=1S/C19H16O3/c1-13(10-11-20)19(21)22-18-16-8-4-2-6-14(16)12-15-7-3-5-9-17(15)18/h2-10,12,20H,11H2,1H3. The summed E-state index contributed by atoms with van der Waals surface area (Å²) < 4.78 is 5.64. The molecule has 3 aromatic rings. The van der Waals surface area contributed by atoms with E-state index in [1.54, 1.807) is 6.92 Å². The Balaban J connectivity index is 2.20. The van der Waals surface area contributed by atoms with Gasteiger partial charge in [-0.3, -0.25) is 0 Å². The summed E-state index contributed by atoms with van der Waals surface area (Å²) >= 11 is 0. The summed E-state index contributed by atoms with van der Waals surface area (Å²) in [6.45, 7) is 1.45. The van der Waals surface area contributed by atoms with Crippen molar-refractivity contribution in [3.63, 3.8) is 0 Å². The van der Waals surface area contributed by atoms with E-state index in [9.17, 15) is 4.79 Å². The van der Waals surface area contributed by atoms with E-state index in [-0.39, 0.29) is 6.61 Å². The number of esters is 1. The van der Waals surface area contributed by atoms with Crippen LogP contribution in [0.4, 0.5) is 0 Å². The summed E-state index contributed by atoms with van der Waals surface area (Å²) in [6.07, 6.45) is 1.44. The molecule has 0 aliphatic rings. The minimum Gasteiger partial charge on any atom is -0.422 e. The fourth-order valence-corrected chi connectivity index (χ4v) is 2.48. The maximum Gasteiger partial charge on any atom is 0.338 e. The van der Waals surface area contributed by atoms with E-state index in [1.807, 2.05) is 48.5 Å². The van der Waals surface area contributed by atoms with Crippen LogP contribution in [0.5, 0.6) is 5.75 Å². The van der Waals surface area contributed by atoms with Gasteiger partial charge >= 0.3 is 5.97 Å². The minimum absolute atomic E-state index is 0.183. The molecule has 0 radical (unpaired) electrons. The highest BCUT2D eigenvalue weighted by Crippen LogP contribution is 2.35. The Morgan fingerprint density at radius 3 is 2.14 bits per heavy atom. The van der Waals surface area contributed by atoms with Crippen molar-refractivity contribution in [2.75, 3.05) is 6.61 Å². The molecule has 0 aromatic heterocycles. The molecular weight excluding hydrogens is 276 g/mol. The first-order chi connectivity index (χ1) is 10.7. The third-order valence-electron chi connectivity index (χ3n) is 3.64. The molecule has 0 fully saturated rings. The van der Waals surface area contributed by atoms with Crippen LogP contribution in [0.15, 0.2) is 66.2 Å². The van der Waals surface area contributed by atoms with Gasteiger partial charge < -0.3 is 9.84 Å². The summed E-state index contributed by atoms with van der Waals surface area (Å²) in [5, 5.41) is 12.7. The van der Waals surface area contributed by atoms with Crippen LogP contribution in [-0.2, 0) is 4.79 Å². The maximum absolute atomic E-state index is 12.2. The van der Waals surface area contributed by atoms with Gasteiger partial charge in [0, 0.05) is 16.3 Å². The molecule has 1 N–H and O–H groups in total. The van der Waals surface area contributed by atoms with Gasteiger partial charge in [0.05, 0.1) is 6.61 Å². The first-order valence-corrected chi connectivity index (χ1v) is 7.11. The zero-order valence-corrected chi connectivity index (χ0v) is 12.2. The van der Waals surface area contributed by atoms with Crippen molar-refractivity contribution in [1.82, 2.24) is 0 Å². The molecule has 0 aliphatic heterocycles. The largest absolute Gasteiger partial charge is 0.422 e. The van der Waals surface area contributed by atoms with Crippen LogP contribution in [0.3, 0.4) is 0 Å². The van der Waals surface area contributed by atoms with Gasteiger partial charge in [-0.25, -0.2) is 4.79 Å². The molecule has 3 aromatic carbocycles. The van der Waals surface area contributed by atoms with Gasteiger partial charge in [0.1, 0.15) is 5.75 Å². The van der Waals surface area contributed by atoms with Crippen molar-refractivity contribution >= 4 is 27.5 Å². The Morgan fingerprint density at radius 1 is 1.05 bits per heavy atom. The van der Waals surface area contributed by atoms with Crippen molar-refractivity contribution in [2.45, 2.75) is 6.92 Å². The highest BCUT2D eigenvalue weighted by atomic mass is 16.5. The number of carbonyl (C=O) groups excluding carboxylic acids is 1. The van der Waals surface area contributed by atoms with Crippen LogP contribution >= 0.6 is 0 Å². The molecule has 0 heterocycles. The van der Waals surface area contributed by atoms with Gasteiger partial charge in [-0.1, -0.05) is 48.5 Å². The average molecular weight is 292 g/mol. The third kappa shape index (κ3) is 2.59. The molecule has 0 atom stereocenters. The first kappa shape index (κ1) is 14.3. The molecule has 22 heavy (non-hydrogen) atoms. The van der Waals surface area contributed by atoms with Crippen molar-refractivity contribution in [3.05, 3.63) is 66.2 Å². The van der Waals surface area contributed by atoms with E-state index < -0.39 is 5.97 Å². The lowest BCUT2D eigenvalue weighted by Gasteiger charge is -2.12. The average Bonchev–Trinajstić information content (AvgIpc) is 2.54. The van der Waals surface area contributed by atoms with Gasteiger partial charge in [0.2, 0.25) is 0 Å². The van der Waals surface area contributed by atoms with E-state index in [2.05, 4.69) is 6.07 Å². The molecule has 110 valence electrons. The Bertz CT molecular complexity index is 824. The van der Waals surface area contributed by atoms with Gasteiger partial charge in [-0.2, -0.15) is 0 Å². The SMILES string of the molecule is CC(=CCO)C(=O)Oc1c2ccccc2cc2ccccc12. The number of hydrogen-bond acceptors (Lipinski definition) is 3. The third-order valence-corrected chi connectivity index (χ3v) is 3.64. The lowest BCUT2D eigenvalue weighted by atomic mass is 10.0. The van der Waals surface area contributed by atoms with Crippen LogP contribution in [0.25, 0.3) is 21.5 Å². The minimum atomic E-state index is -0.449. The summed E-state index contributed by atoms with van der Waals surface area (Å²) in [4.78, 5) is 12.2. The predicted octanol–water partition coefficient (Wildman–Crippen LogP) is 3.84. The quantitative estimate of drug-likeness (QED) is 0.345. The van der Waals surface area contributed by atoms with Crippen LogP contribution in [-0.4, -0.2) is 17.7 Å². The van der Waals surface area contributed by atoms with E-state index in [0.717, 1.165) is 21.5 Å². The molecule has 0 aliphatic carbocycles. The number of aliphatic hydroxyl groups is 1. The fourth-order valence-electron chi connectivity index (χ4n) is 2.48. The molecule has 3 rings (SSSR count). The van der Waals surface area contributed by atoms with E-state index in [4.69, 9.17) is 9.84 Å². The van der Waals surface area contributed by atoms with Gasteiger partial charge in [-0.05, 0) is 29.8 Å². The van der Waals surface area contributed by atoms with E-state index in [1.165, 1.54) is 6.08 Å². The van der Waals surface area contributed by atoms with Gasteiger partial charge in [-0.15, -0.1) is 0 Å². The Hall–Kier alpha value is -2.65. The molecule has 3 heteroatoms. The number of rotatable bonds is 3. The smallest absolute Gasteiger partial charge is 0.338 e. The molecular formula is C19H16O3. The molecule has 0 bridgehead atoms. The van der Waals surface area contributed by atoms with Crippen molar-refractivity contribution in [2.24, 2.45) is 0 Å². The number of fused-ring (bicyclic) bond motifs is 2. The number of carbonyl (C=O) groups is 1. The lowest BCUT2D eigenvalue weighted by Crippen LogP contribution is -2.10. The summed E-state index contributed by atoms with van der Waals surface area (Å²) in [7, 11) is 0. The number of aliphatic hydroxyl groups excluding tert-OH is 1. The zero-order chi connectivity index (χ0) is 15.5. The van der Waals surface area contributed by atoms with Crippen LogP contribution in [0.1, 0.15) is 6.92 Å². The van der Waals surface area contributed by atoms with Crippen molar-refractivity contribution in [3.8, 4) is 5.75 Å². The lowest BCUT2D eigenvalue weighted by molar-refractivity contribution is -0.129. The monoisotopic (exact) mass is 292 g/mol. The highest BCUT2D eigenvalue weighted by molar-refractivity contribution is 6.07. The Labute approximate surface area is 128 Å². The van der Waals surface area contributed by atoms with Crippen molar-refractivity contribution in [1.29, 1.82) is 0 Å². The molecule has 0 saturated heterocycles. The second-order valence-electron chi connectivity index (χ2n) is 5.11. The topological polar surface area (TPSA) is 46.5 Å². The molecule has 0 unspecified atom stereocenters. The molecule has 0 amide bonds. The van der Waals surface area contributed by atoms with Crippen LogP contribution in [0.2, 0.25) is 0 Å². The number of hydrogen-bond donors (Lipinski definition) is 1.